The molecule has 7 heteroatoms. The van der Waals surface area contributed by atoms with Crippen LogP contribution in [0.4, 0.5) is 5.69 Å². The highest BCUT2D eigenvalue weighted by Gasteiger charge is 2.14. The van der Waals surface area contributed by atoms with Gasteiger partial charge in [0, 0.05) is 9.26 Å². The van der Waals surface area contributed by atoms with Crippen molar-refractivity contribution >= 4 is 56.9 Å². The number of hydrogen-bond acceptors (Lipinski definition) is 4. The largest absolute Gasteiger partial charge is 0.325 e. The van der Waals surface area contributed by atoms with Crippen molar-refractivity contribution in [2.45, 2.75) is 18.6 Å². The van der Waals surface area contributed by atoms with Gasteiger partial charge < -0.3 is 5.32 Å². The third kappa shape index (κ3) is 5.34. The molecule has 0 spiro atoms. The molecule has 0 saturated carbocycles. The molecule has 31 heavy (non-hydrogen) atoms. The standard InChI is InChI=1S/C24H20IN3O2S/c1-16-6-5-9-19(12-16)26-22(29)15-31-24-27-21-11-10-18(25)13-20(21)23(30)28(24)14-17-7-3-2-4-8-17/h2-13H,14-15H2,1H3,(H,26,29). The summed E-state index contributed by atoms with van der Waals surface area (Å²) in [5.74, 6) is 0.0178. The monoisotopic (exact) mass is 541 g/mol. The maximum absolute atomic E-state index is 13.3. The Labute approximate surface area is 198 Å². The van der Waals surface area contributed by atoms with Crippen LogP contribution < -0.4 is 10.9 Å². The fraction of sp³-hybridized carbons (Fsp3) is 0.125. The van der Waals surface area contributed by atoms with Crippen LogP contribution in [0.2, 0.25) is 0 Å². The number of nitrogens with zero attached hydrogens (tertiary/aromatic N) is 2. The van der Waals surface area contributed by atoms with E-state index in [1.165, 1.54) is 11.8 Å². The van der Waals surface area contributed by atoms with E-state index >= 15 is 0 Å². The Morgan fingerprint density at radius 2 is 1.87 bits per heavy atom. The summed E-state index contributed by atoms with van der Waals surface area (Å²) >= 11 is 3.46. The second-order valence-electron chi connectivity index (χ2n) is 7.14. The van der Waals surface area contributed by atoms with Gasteiger partial charge in [0.05, 0.1) is 23.2 Å². The summed E-state index contributed by atoms with van der Waals surface area (Å²) in [6, 6.07) is 23.1. The highest BCUT2D eigenvalue weighted by Crippen LogP contribution is 2.21. The second-order valence-corrected chi connectivity index (χ2v) is 9.33. The van der Waals surface area contributed by atoms with Crippen LogP contribution in [0.3, 0.4) is 0 Å². The number of halogens is 1. The van der Waals surface area contributed by atoms with E-state index in [0.29, 0.717) is 22.6 Å². The predicted octanol–water partition coefficient (Wildman–Crippen LogP) is 5.09. The van der Waals surface area contributed by atoms with E-state index in [1.807, 2.05) is 79.7 Å². The van der Waals surface area contributed by atoms with Gasteiger partial charge in [-0.25, -0.2) is 4.98 Å². The molecule has 0 aliphatic carbocycles. The third-order valence-electron chi connectivity index (χ3n) is 4.70. The lowest BCUT2D eigenvalue weighted by molar-refractivity contribution is -0.113. The molecule has 4 rings (SSSR count). The van der Waals surface area contributed by atoms with Crippen molar-refractivity contribution in [2.24, 2.45) is 0 Å². The zero-order chi connectivity index (χ0) is 21.8. The van der Waals surface area contributed by atoms with Crippen LogP contribution in [-0.2, 0) is 11.3 Å². The summed E-state index contributed by atoms with van der Waals surface area (Å²) in [5, 5.41) is 4.02. The van der Waals surface area contributed by atoms with Gasteiger partial charge in [-0.2, -0.15) is 0 Å². The first-order chi connectivity index (χ1) is 15.0. The van der Waals surface area contributed by atoms with E-state index in [1.54, 1.807) is 4.57 Å². The number of aryl methyl sites for hydroxylation is 1. The number of thioether (sulfide) groups is 1. The van der Waals surface area contributed by atoms with Crippen molar-refractivity contribution in [3.63, 3.8) is 0 Å². The molecule has 0 aliphatic heterocycles. The molecule has 1 N–H and O–H groups in total. The molecule has 4 aromatic rings. The lowest BCUT2D eigenvalue weighted by atomic mass is 10.2. The molecule has 0 aliphatic rings. The SMILES string of the molecule is Cc1cccc(NC(=O)CSc2nc3ccc(I)cc3c(=O)n2Cc2ccccc2)c1. The van der Waals surface area contributed by atoms with Crippen LogP contribution in [0, 0.1) is 10.5 Å². The van der Waals surface area contributed by atoms with Crippen molar-refractivity contribution in [3.8, 4) is 0 Å². The molecule has 0 unspecified atom stereocenters. The fourth-order valence-electron chi connectivity index (χ4n) is 3.24. The van der Waals surface area contributed by atoms with Crippen LogP contribution in [-0.4, -0.2) is 21.2 Å². The molecule has 1 aromatic heterocycles. The molecule has 5 nitrogen and oxygen atoms in total. The Bertz CT molecular complexity index is 1310. The van der Waals surface area contributed by atoms with Gasteiger partial charge >= 0.3 is 0 Å². The van der Waals surface area contributed by atoms with E-state index < -0.39 is 0 Å². The van der Waals surface area contributed by atoms with Gasteiger partial charge in [0.1, 0.15) is 0 Å². The first-order valence-electron chi connectivity index (χ1n) is 9.73. The molecule has 0 radical (unpaired) electrons. The van der Waals surface area contributed by atoms with Crippen LogP contribution >= 0.6 is 34.4 Å². The summed E-state index contributed by atoms with van der Waals surface area (Å²) in [6.45, 7) is 2.38. The lowest BCUT2D eigenvalue weighted by Crippen LogP contribution is -2.25. The number of hydrogen-bond donors (Lipinski definition) is 1. The van der Waals surface area contributed by atoms with Crippen LogP contribution in [0.15, 0.2) is 82.7 Å². The Hall–Kier alpha value is -2.65. The predicted molar refractivity (Wildman–Crippen MR) is 135 cm³/mol. The van der Waals surface area contributed by atoms with Gasteiger partial charge in [-0.05, 0) is 71.0 Å². The third-order valence-corrected chi connectivity index (χ3v) is 6.35. The van der Waals surface area contributed by atoms with Gasteiger partial charge in [0.2, 0.25) is 5.91 Å². The highest BCUT2D eigenvalue weighted by atomic mass is 127. The molecule has 1 amide bonds. The summed E-state index contributed by atoms with van der Waals surface area (Å²) in [7, 11) is 0. The molecule has 0 fully saturated rings. The number of fused-ring (bicyclic) bond motifs is 1. The number of aromatic nitrogens is 2. The molecule has 0 bridgehead atoms. The number of amides is 1. The van der Waals surface area contributed by atoms with Gasteiger partial charge in [-0.1, -0.05) is 54.2 Å². The Morgan fingerprint density at radius 1 is 1.06 bits per heavy atom. The van der Waals surface area contributed by atoms with Gasteiger partial charge in [-0.15, -0.1) is 0 Å². The number of carbonyl (C=O) groups excluding carboxylic acids is 1. The maximum Gasteiger partial charge on any atom is 0.262 e. The first kappa shape index (κ1) is 21.6. The molecule has 3 aromatic carbocycles. The zero-order valence-corrected chi connectivity index (χ0v) is 19.8. The van der Waals surface area contributed by atoms with Crippen molar-refractivity contribution in [2.75, 3.05) is 11.1 Å². The van der Waals surface area contributed by atoms with Gasteiger partial charge in [0.25, 0.3) is 5.56 Å². The number of anilines is 1. The minimum Gasteiger partial charge on any atom is -0.325 e. The van der Waals surface area contributed by atoms with Gasteiger partial charge in [0.15, 0.2) is 5.16 Å². The lowest BCUT2D eigenvalue weighted by Gasteiger charge is -2.13. The molecule has 1 heterocycles. The Balaban J connectivity index is 1.63. The second kappa shape index (κ2) is 9.65. The number of benzene rings is 3. The van der Waals surface area contributed by atoms with Crippen LogP contribution in [0.1, 0.15) is 11.1 Å². The average molecular weight is 541 g/mol. The quantitative estimate of drug-likeness (QED) is 0.210. The van der Waals surface area contributed by atoms with E-state index in [0.717, 1.165) is 20.4 Å². The number of nitrogens with one attached hydrogen (secondary N) is 1. The zero-order valence-electron chi connectivity index (χ0n) is 16.8. The summed E-state index contributed by atoms with van der Waals surface area (Å²) < 4.78 is 2.63. The van der Waals surface area contributed by atoms with Crippen LogP contribution in [0.5, 0.6) is 0 Å². The van der Waals surface area contributed by atoms with E-state index in [2.05, 4.69) is 27.9 Å². The van der Waals surface area contributed by atoms with Crippen molar-refractivity contribution in [3.05, 3.63) is 97.8 Å². The smallest absolute Gasteiger partial charge is 0.262 e. The summed E-state index contributed by atoms with van der Waals surface area (Å²) in [6.07, 6.45) is 0. The van der Waals surface area contributed by atoms with E-state index in [4.69, 9.17) is 4.98 Å². The first-order valence-corrected chi connectivity index (χ1v) is 11.8. The number of rotatable bonds is 6. The Kier molecular flexibility index (Phi) is 6.72. The van der Waals surface area contributed by atoms with Crippen molar-refractivity contribution in [1.29, 1.82) is 0 Å². The van der Waals surface area contributed by atoms with Crippen molar-refractivity contribution in [1.82, 2.24) is 9.55 Å². The maximum atomic E-state index is 13.3. The van der Waals surface area contributed by atoms with Gasteiger partial charge in [-0.3, -0.25) is 14.2 Å². The minimum absolute atomic E-state index is 0.103. The minimum atomic E-state index is -0.140. The fourth-order valence-corrected chi connectivity index (χ4v) is 4.53. The molecule has 0 atom stereocenters. The molecular weight excluding hydrogens is 521 g/mol. The highest BCUT2D eigenvalue weighted by molar-refractivity contribution is 14.1. The summed E-state index contributed by atoms with van der Waals surface area (Å²) in [4.78, 5) is 30.5. The number of carbonyl (C=O) groups is 1. The summed E-state index contributed by atoms with van der Waals surface area (Å²) in [5.41, 5.74) is 3.37. The van der Waals surface area contributed by atoms with Crippen molar-refractivity contribution < 1.29 is 4.79 Å². The average Bonchev–Trinajstić information content (AvgIpc) is 2.76. The topological polar surface area (TPSA) is 64.0 Å². The molecule has 0 saturated heterocycles. The normalized spacial score (nSPS) is 10.9. The van der Waals surface area contributed by atoms with E-state index in [9.17, 15) is 9.59 Å². The molecular formula is C24H20IN3O2S. The Morgan fingerprint density at radius 3 is 2.65 bits per heavy atom. The van der Waals surface area contributed by atoms with Crippen LogP contribution in [0.25, 0.3) is 10.9 Å². The molecule has 156 valence electrons. The van der Waals surface area contributed by atoms with E-state index in [-0.39, 0.29) is 17.2 Å².